The molecule has 0 aromatic heterocycles. The molecular weight excluding hydrogens is 418 g/mol. The van der Waals surface area contributed by atoms with Gasteiger partial charge in [-0.15, -0.1) is 0 Å². The SMILES string of the molecule is COc1cc(C=C2C(=O)c3ccccc3C2=O)ccc1OCC(=O)Nc1c(C)cccc1C. The van der Waals surface area contributed by atoms with Crippen LogP contribution in [-0.2, 0) is 4.79 Å². The largest absolute Gasteiger partial charge is 0.493 e. The van der Waals surface area contributed by atoms with Crippen molar-refractivity contribution in [2.45, 2.75) is 13.8 Å². The first-order valence-corrected chi connectivity index (χ1v) is 10.5. The van der Waals surface area contributed by atoms with Crippen molar-refractivity contribution < 1.29 is 23.9 Å². The van der Waals surface area contributed by atoms with Crippen molar-refractivity contribution in [2.75, 3.05) is 19.0 Å². The van der Waals surface area contributed by atoms with Crippen LogP contribution in [0.5, 0.6) is 11.5 Å². The third-order valence-corrected chi connectivity index (χ3v) is 5.51. The smallest absolute Gasteiger partial charge is 0.262 e. The summed E-state index contributed by atoms with van der Waals surface area (Å²) < 4.78 is 11.1. The van der Waals surface area contributed by atoms with Gasteiger partial charge in [0, 0.05) is 16.8 Å². The molecule has 1 aliphatic rings. The number of para-hydroxylation sites is 1. The van der Waals surface area contributed by atoms with E-state index in [1.54, 1.807) is 48.5 Å². The third kappa shape index (κ3) is 4.41. The van der Waals surface area contributed by atoms with Crippen molar-refractivity contribution >= 4 is 29.2 Å². The van der Waals surface area contributed by atoms with Crippen molar-refractivity contribution in [1.82, 2.24) is 0 Å². The van der Waals surface area contributed by atoms with Gasteiger partial charge >= 0.3 is 0 Å². The van der Waals surface area contributed by atoms with Gasteiger partial charge in [0.15, 0.2) is 29.7 Å². The Bertz CT molecular complexity index is 1250. The maximum atomic E-state index is 12.6. The number of aryl methyl sites for hydroxylation is 2. The van der Waals surface area contributed by atoms with Crippen LogP contribution >= 0.6 is 0 Å². The molecule has 0 saturated heterocycles. The predicted octanol–water partition coefficient (Wildman–Crippen LogP) is 4.79. The number of Topliss-reactive ketones (excluding diaryl/α,β-unsaturated/α-hetero) is 2. The first kappa shape index (κ1) is 22.0. The standard InChI is InChI=1S/C27H23NO5/c1-16-7-6-8-17(2)25(16)28-24(29)15-33-22-12-11-18(14-23(22)32-3)13-21-26(30)19-9-4-5-10-20(19)27(21)31/h4-14H,15H2,1-3H3,(H,28,29). The number of methoxy groups -OCH3 is 1. The Morgan fingerprint density at radius 2 is 1.52 bits per heavy atom. The average Bonchev–Trinajstić information content (AvgIpc) is 3.05. The number of allylic oxidation sites excluding steroid dienone is 1. The minimum Gasteiger partial charge on any atom is -0.493 e. The predicted molar refractivity (Wildman–Crippen MR) is 126 cm³/mol. The number of nitrogens with one attached hydrogen (secondary N) is 1. The van der Waals surface area contributed by atoms with Crippen LogP contribution in [0.15, 0.2) is 66.2 Å². The molecule has 1 amide bonds. The van der Waals surface area contributed by atoms with Crippen LogP contribution in [0.3, 0.4) is 0 Å². The van der Waals surface area contributed by atoms with Gasteiger partial charge in [0.05, 0.1) is 12.7 Å². The van der Waals surface area contributed by atoms with E-state index in [1.165, 1.54) is 7.11 Å². The molecule has 6 nitrogen and oxygen atoms in total. The minimum atomic E-state index is -0.293. The van der Waals surface area contributed by atoms with Crippen LogP contribution < -0.4 is 14.8 Å². The zero-order valence-electron chi connectivity index (χ0n) is 18.6. The fourth-order valence-corrected chi connectivity index (χ4v) is 3.79. The van der Waals surface area contributed by atoms with Crippen molar-refractivity contribution in [2.24, 2.45) is 0 Å². The molecule has 4 rings (SSSR count). The van der Waals surface area contributed by atoms with Crippen molar-refractivity contribution in [1.29, 1.82) is 0 Å². The second kappa shape index (κ2) is 9.12. The maximum Gasteiger partial charge on any atom is 0.262 e. The van der Waals surface area contributed by atoms with Crippen LogP contribution in [0, 0.1) is 13.8 Å². The van der Waals surface area contributed by atoms with E-state index in [-0.39, 0.29) is 29.7 Å². The van der Waals surface area contributed by atoms with Crippen molar-refractivity contribution in [3.63, 3.8) is 0 Å². The van der Waals surface area contributed by atoms with Crippen LogP contribution in [0.4, 0.5) is 5.69 Å². The van der Waals surface area contributed by atoms with E-state index in [0.29, 0.717) is 28.2 Å². The molecule has 1 N–H and O–H groups in total. The molecule has 33 heavy (non-hydrogen) atoms. The fraction of sp³-hybridized carbons (Fsp3) is 0.148. The summed E-state index contributed by atoms with van der Waals surface area (Å²) in [7, 11) is 1.48. The number of ketones is 2. The molecule has 0 atom stereocenters. The molecule has 0 bridgehead atoms. The number of anilines is 1. The monoisotopic (exact) mass is 441 g/mol. The number of ether oxygens (including phenoxy) is 2. The van der Waals surface area contributed by atoms with Crippen LogP contribution in [0.2, 0.25) is 0 Å². The average molecular weight is 441 g/mol. The van der Waals surface area contributed by atoms with Crippen LogP contribution in [0.25, 0.3) is 6.08 Å². The van der Waals surface area contributed by atoms with Gasteiger partial charge in [-0.2, -0.15) is 0 Å². The van der Waals surface area contributed by atoms with Gasteiger partial charge < -0.3 is 14.8 Å². The number of carbonyl (C=O) groups is 3. The second-order valence-electron chi connectivity index (χ2n) is 7.78. The van der Waals surface area contributed by atoms with Gasteiger partial charge in [-0.25, -0.2) is 0 Å². The molecule has 0 saturated carbocycles. The lowest BCUT2D eigenvalue weighted by atomic mass is 10.1. The molecular formula is C27H23NO5. The zero-order chi connectivity index (χ0) is 23.5. The van der Waals surface area contributed by atoms with Crippen LogP contribution in [-0.4, -0.2) is 31.2 Å². The lowest BCUT2D eigenvalue weighted by Crippen LogP contribution is -2.21. The second-order valence-corrected chi connectivity index (χ2v) is 7.78. The number of carbonyl (C=O) groups excluding carboxylic acids is 3. The van der Waals surface area contributed by atoms with E-state index < -0.39 is 0 Å². The number of benzene rings is 3. The summed E-state index contributed by atoms with van der Waals surface area (Å²) in [6, 6.07) is 17.6. The summed E-state index contributed by atoms with van der Waals surface area (Å²) in [5.41, 5.74) is 4.26. The molecule has 0 fully saturated rings. The number of fused-ring (bicyclic) bond motifs is 1. The minimum absolute atomic E-state index is 0.111. The molecule has 6 heteroatoms. The summed E-state index contributed by atoms with van der Waals surface area (Å²) in [6.07, 6.45) is 1.55. The highest BCUT2D eigenvalue weighted by molar-refractivity contribution is 6.41. The molecule has 0 aliphatic heterocycles. The first-order chi connectivity index (χ1) is 15.9. The van der Waals surface area contributed by atoms with Crippen LogP contribution in [0.1, 0.15) is 37.4 Å². The van der Waals surface area contributed by atoms with Gasteiger partial charge in [-0.1, -0.05) is 48.5 Å². The Labute approximate surface area is 191 Å². The van der Waals surface area contributed by atoms with E-state index in [2.05, 4.69) is 5.32 Å². The van der Waals surface area contributed by atoms with E-state index in [1.807, 2.05) is 32.0 Å². The van der Waals surface area contributed by atoms with Crippen molar-refractivity contribution in [3.8, 4) is 11.5 Å². The molecule has 0 radical (unpaired) electrons. The lowest BCUT2D eigenvalue weighted by molar-refractivity contribution is -0.118. The maximum absolute atomic E-state index is 12.6. The Morgan fingerprint density at radius 3 is 2.12 bits per heavy atom. The number of hydrogen-bond donors (Lipinski definition) is 1. The first-order valence-electron chi connectivity index (χ1n) is 10.5. The third-order valence-electron chi connectivity index (χ3n) is 5.51. The molecule has 3 aromatic rings. The Hall–Kier alpha value is -4.19. The summed E-state index contributed by atoms with van der Waals surface area (Å²) in [5.74, 6) is -0.111. The summed E-state index contributed by atoms with van der Waals surface area (Å²) in [4.78, 5) is 37.6. The Balaban J connectivity index is 1.49. The number of hydrogen-bond acceptors (Lipinski definition) is 5. The highest BCUT2D eigenvalue weighted by Crippen LogP contribution is 2.32. The molecule has 1 aliphatic carbocycles. The van der Waals surface area contributed by atoms with E-state index in [9.17, 15) is 14.4 Å². The lowest BCUT2D eigenvalue weighted by Gasteiger charge is -2.14. The number of rotatable bonds is 6. The summed E-state index contributed by atoms with van der Waals surface area (Å²) in [6.45, 7) is 3.66. The molecule has 0 spiro atoms. The van der Waals surface area contributed by atoms with E-state index >= 15 is 0 Å². The van der Waals surface area contributed by atoms with E-state index in [4.69, 9.17) is 9.47 Å². The van der Waals surface area contributed by atoms with Gasteiger partial charge in [0.1, 0.15) is 0 Å². The molecule has 166 valence electrons. The molecule has 0 unspecified atom stereocenters. The highest BCUT2D eigenvalue weighted by atomic mass is 16.5. The van der Waals surface area contributed by atoms with Gasteiger partial charge in [0.2, 0.25) is 0 Å². The fourth-order valence-electron chi connectivity index (χ4n) is 3.79. The quantitative estimate of drug-likeness (QED) is 0.439. The van der Waals surface area contributed by atoms with Gasteiger partial charge in [-0.05, 0) is 48.7 Å². The van der Waals surface area contributed by atoms with Crippen molar-refractivity contribution in [3.05, 3.63) is 94.1 Å². The van der Waals surface area contributed by atoms with Gasteiger partial charge in [-0.3, -0.25) is 14.4 Å². The molecule has 3 aromatic carbocycles. The summed E-state index contributed by atoms with van der Waals surface area (Å²) >= 11 is 0. The molecule has 0 heterocycles. The topological polar surface area (TPSA) is 81.7 Å². The normalized spacial score (nSPS) is 12.4. The Kier molecular flexibility index (Phi) is 6.09. The zero-order valence-corrected chi connectivity index (χ0v) is 18.6. The summed E-state index contributed by atoms with van der Waals surface area (Å²) in [5, 5.41) is 2.88. The van der Waals surface area contributed by atoms with E-state index in [0.717, 1.165) is 16.8 Å². The highest BCUT2D eigenvalue weighted by Gasteiger charge is 2.32. The van der Waals surface area contributed by atoms with Gasteiger partial charge in [0.25, 0.3) is 5.91 Å². The Morgan fingerprint density at radius 1 is 0.879 bits per heavy atom. The number of amides is 1.